The lowest BCUT2D eigenvalue weighted by molar-refractivity contribution is 0.0697. The van der Waals surface area contributed by atoms with E-state index in [0.29, 0.717) is 18.0 Å². The number of carbonyl (C=O) groups is 2. The highest BCUT2D eigenvalue weighted by atomic mass is 16.5. The van der Waals surface area contributed by atoms with E-state index in [2.05, 4.69) is 5.32 Å². The molecule has 7 heteroatoms. The van der Waals surface area contributed by atoms with E-state index >= 15 is 0 Å². The van der Waals surface area contributed by atoms with E-state index in [1.165, 1.54) is 30.2 Å². The molecule has 0 heterocycles. The lowest BCUT2D eigenvalue weighted by Crippen LogP contribution is -2.40. The summed E-state index contributed by atoms with van der Waals surface area (Å²) in [5, 5.41) is 11.6. The normalized spacial score (nSPS) is 11.6. The highest BCUT2D eigenvalue weighted by Crippen LogP contribution is 2.26. The number of rotatable bonds is 6. The second-order valence-electron chi connectivity index (χ2n) is 4.57. The van der Waals surface area contributed by atoms with Gasteiger partial charge in [0.1, 0.15) is 5.75 Å². The third-order valence-corrected chi connectivity index (χ3v) is 3.08. The number of anilines is 1. The average molecular weight is 296 g/mol. The van der Waals surface area contributed by atoms with Crippen LogP contribution in [0.15, 0.2) is 18.2 Å². The molecule has 1 rings (SSSR count). The van der Waals surface area contributed by atoms with Gasteiger partial charge < -0.3 is 24.8 Å². The van der Waals surface area contributed by atoms with Gasteiger partial charge in [-0.25, -0.2) is 9.59 Å². The van der Waals surface area contributed by atoms with Crippen molar-refractivity contribution in [1.29, 1.82) is 0 Å². The van der Waals surface area contributed by atoms with Gasteiger partial charge in [-0.3, -0.25) is 0 Å². The number of hydrogen-bond acceptors (Lipinski definition) is 4. The third kappa shape index (κ3) is 4.35. The van der Waals surface area contributed by atoms with Crippen molar-refractivity contribution in [2.45, 2.75) is 13.0 Å². The summed E-state index contributed by atoms with van der Waals surface area (Å²) >= 11 is 0. The van der Waals surface area contributed by atoms with E-state index in [1.807, 2.05) is 6.92 Å². The Labute approximate surface area is 123 Å². The Balaban J connectivity index is 2.92. The van der Waals surface area contributed by atoms with Crippen molar-refractivity contribution in [1.82, 2.24) is 4.90 Å². The molecule has 0 aliphatic carbocycles. The summed E-state index contributed by atoms with van der Waals surface area (Å²) in [5.41, 5.74) is 0.373. The highest BCUT2D eigenvalue weighted by molar-refractivity contribution is 5.94. The summed E-state index contributed by atoms with van der Waals surface area (Å²) in [4.78, 5) is 24.6. The first-order valence-electron chi connectivity index (χ1n) is 6.34. The Morgan fingerprint density at radius 2 is 2.05 bits per heavy atom. The number of amides is 2. The van der Waals surface area contributed by atoms with Crippen LogP contribution in [0.4, 0.5) is 10.5 Å². The summed E-state index contributed by atoms with van der Waals surface area (Å²) in [5.74, 6) is -0.685. The van der Waals surface area contributed by atoms with Gasteiger partial charge in [-0.2, -0.15) is 0 Å². The zero-order chi connectivity index (χ0) is 16.0. The number of carboxylic acids is 1. The number of methoxy groups -OCH3 is 2. The number of ether oxygens (including phenoxy) is 2. The van der Waals surface area contributed by atoms with Crippen molar-refractivity contribution >= 4 is 17.7 Å². The van der Waals surface area contributed by atoms with Gasteiger partial charge in [0, 0.05) is 14.2 Å². The summed E-state index contributed by atoms with van der Waals surface area (Å²) in [6, 6.07) is 3.77. The van der Waals surface area contributed by atoms with Crippen LogP contribution in [0.2, 0.25) is 0 Å². The predicted octanol–water partition coefficient (Wildman–Crippen LogP) is 1.89. The number of nitrogens with one attached hydrogen (secondary N) is 1. The standard InChI is InChI=1S/C14H20N2O5/c1-9(8-20-3)16(2)14(19)15-11-7-10(13(17)18)5-6-12(11)21-4/h5-7,9H,8H2,1-4H3,(H,15,19)(H,17,18). The number of carbonyl (C=O) groups excluding carboxylic acids is 1. The first-order valence-corrected chi connectivity index (χ1v) is 6.34. The number of hydrogen-bond donors (Lipinski definition) is 2. The molecule has 21 heavy (non-hydrogen) atoms. The number of benzene rings is 1. The Kier molecular flexibility index (Phi) is 5.98. The summed E-state index contributed by atoms with van der Waals surface area (Å²) in [6.45, 7) is 2.24. The number of urea groups is 1. The van der Waals surface area contributed by atoms with Crippen molar-refractivity contribution < 1.29 is 24.2 Å². The Bertz CT molecular complexity index is 518. The lowest BCUT2D eigenvalue weighted by Gasteiger charge is -2.25. The fraction of sp³-hybridized carbons (Fsp3) is 0.429. The predicted molar refractivity (Wildman–Crippen MR) is 78.1 cm³/mol. The number of aromatic carboxylic acids is 1. The smallest absolute Gasteiger partial charge is 0.335 e. The fourth-order valence-electron chi connectivity index (χ4n) is 1.70. The van der Waals surface area contributed by atoms with Gasteiger partial charge in [0.25, 0.3) is 0 Å². The molecule has 0 fully saturated rings. The topological polar surface area (TPSA) is 88.1 Å². The van der Waals surface area contributed by atoms with E-state index in [4.69, 9.17) is 14.6 Å². The van der Waals surface area contributed by atoms with Crippen LogP contribution in [-0.4, -0.2) is 55.9 Å². The van der Waals surface area contributed by atoms with E-state index in [0.717, 1.165) is 0 Å². The van der Waals surface area contributed by atoms with Gasteiger partial charge in [-0.1, -0.05) is 0 Å². The molecular weight excluding hydrogens is 276 g/mol. The van der Waals surface area contributed by atoms with Gasteiger partial charge in [-0.05, 0) is 25.1 Å². The molecule has 1 atom stereocenters. The van der Waals surface area contributed by atoms with E-state index in [9.17, 15) is 9.59 Å². The van der Waals surface area contributed by atoms with Crippen LogP contribution in [0.3, 0.4) is 0 Å². The Morgan fingerprint density at radius 3 is 2.57 bits per heavy atom. The van der Waals surface area contributed by atoms with Crippen molar-refractivity contribution in [3.8, 4) is 5.75 Å². The van der Waals surface area contributed by atoms with E-state index in [-0.39, 0.29) is 17.6 Å². The average Bonchev–Trinajstić information content (AvgIpc) is 2.46. The molecule has 0 saturated carbocycles. The number of nitrogens with zero attached hydrogens (tertiary/aromatic N) is 1. The minimum Gasteiger partial charge on any atom is -0.495 e. The van der Waals surface area contributed by atoms with Gasteiger partial charge in [0.2, 0.25) is 0 Å². The second kappa shape index (κ2) is 7.49. The summed E-state index contributed by atoms with van der Waals surface area (Å²) < 4.78 is 10.1. The molecule has 1 unspecified atom stereocenters. The van der Waals surface area contributed by atoms with E-state index in [1.54, 1.807) is 14.2 Å². The summed E-state index contributed by atoms with van der Waals surface area (Å²) in [7, 11) is 4.64. The van der Waals surface area contributed by atoms with Gasteiger partial charge in [-0.15, -0.1) is 0 Å². The molecule has 2 amide bonds. The first kappa shape index (κ1) is 16.8. The molecule has 0 saturated heterocycles. The molecule has 0 spiro atoms. The zero-order valence-corrected chi connectivity index (χ0v) is 12.5. The lowest BCUT2D eigenvalue weighted by atomic mass is 10.2. The van der Waals surface area contributed by atoms with Gasteiger partial charge >= 0.3 is 12.0 Å². The van der Waals surface area contributed by atoms with Crippen LogP contribution in [0.5, 0.6) is 5.75 Å². The second-order valence-corrected chi connectivity index (χ2v) is 4.57. The molecule has 0 aliphatic rings. The van der Waals surface area contributed by atoms with Crippen LogP contribution >= 0.6 is 0 Å². The number of carboxylic acid groups (broad SMARTS) is 1. The van der Waals surface area contributed by atoms with E-state index < -0.39 is 5.97 Å². The maximum atomic E-state index is 12.1. The van der Waals surface area contributed by atoms with Crippen LogP contribution in [0.1, 0.15) is 17.3 Å². The van der Waals surface area contributed by atoms with Crippen LogP contribution in [0, 0.1) is 0 Å². The number of likely N-dealkylation sites (N-methyl/N-ethyl adjacent to an activating group) is 1. The SMILES string of the molecule is COCC(C)N(C)C(=O)Nc1cc(C(=O)O)ccc1OC. The minimum atomic E-state index is -1.07. The van der Waals surface area contributed by atoms with Crippen molar-refractivity contribution in [3.05, 3.63) is 23.8 Å². The van der Waals surface area contributed by atoms with Crippen LogP contribution in [0.25, 0.3) is 0 Å². The van der Waals surface area contributed by atoms with Crippen molar-refractivity contribution in [2.24, 2.45) is 0 Å². The first-order chi connectivity index (χ1) is 9.90. The van der Waals surface area contributed by atoms with Crippen LogP contribution in [-0.2, 0) is 4.74 Å². The minimum absolute atomic E-state index is 0.0682. The molecule has 2 N–H and O–H groups in total. The molecule has 0 bridgehead atoms. The molecular formula is C14H20N2O5. The largest absolute Gasteiger partial charge is 0.495 e. The van der Waals surface area contributed by atoms with Gasteiger partial charge in [0.15, 0.2) is 0 Å². The Morgan fingerprint density at radius 1 is 1.38 bits per heavy atom. The maximum Gasteiger partial charge on any atom is 0.335 e. The van der Waals surface area contributed by atoms with Crippen molar-refractivity contribution in [3.63, 3.8) is 0 Å². The molecule has 0 aliphatic heterocycles. The Hall–Kier alpha value is -2.28. The van der Waals surface area contributed by atoms with Gasteiger partial charge in [0.05, 0.1) is 31.0 Å². The third-order valence-electron chi connectivity index (χ3n) is 3.08. The molecule has 1 aromatic rings. The van der Waals surface area contributed by atoms with Crippen LogP contribution < -0.4 is 10.1 Å². The molecule has 7 nitrogen and oxygen atoms in total. The monoisotopic (exact) mass is 296 g/mol. The highest BCUT2D eigenvalue weighted by Gasteiger charge is 2.18. The molecule has 1 aromatic carbocycles. The fourth-order valence-corrected chi connectivity index (χ4v) is 1.70. The summed E-state index contributed by atoms with van der Waals surface area (Å²) in [6.07, 6.45) is 0. The quantitative estimate of drug-likeness (QED) is 0.837. The molecule has 0 aromatic heterocycles. The maximum absolute atomic E-state index is 12.1. The molecule has 116 valence electrons. The zero-order valence-electron chi connectivity index (χ0n) is 12.5. The molecule has 0 radical (unpaired) electrons. The van der Waals surface area contributed by atoms with Crippen molar-refractivity contribution in [2.75, 3.05) is 33.2 Å².